The number of fused-ring (bicyclic) bond motifs is 1. The number of hydrogen-bond donors (Lipinski definition) is 2. The number of H-pyrrole nitrogens is 1. The van der Waals surface area contributed by atoms with Crippen LogP contribution in [0, 0.1) is 13.8 Å². The van der Waals surface area contributed by atoms with Crippen LogP contribution >= 0.6 is 0 Å². The van der Waals surface area contributed by atoms with E-state index in [2.05, 4.69) is 15.3 Å². The smallest absolute Gasteiger partial charge is 0.261 e. The predicted octanol–water partition coefficient (Wildman–Crippen LogP) is 1.85. The molecule has 124 valence electrons. The Hall–Kier alpha value is -2.89. The number of hydrogen-bond acceptors (Lipinski definition) is 3. The third-order valence-electron chi connectivity index (χ3n) is 4.11. The number of imidazole rings is 1. The summed E-state index contributed by atoms with van der Waals surface area (Å²) in [6.07, 6.45) is 0.597. The van der Waals surface area contributed by atoms with Crippen molar-refractivity contribution >= 4 is 16.9 Å². The second-order valence-corrected chi connectivity index (χ2v) is 5.92. The van der Waals surface area contributed by atoms with E-state index in [1.54, 1.807) is 19.9 Å². The first-order valence-electron chi connectivity index (χ1n) is 7.86. The van der Waals surface area contributed by atoms with Crippen molar-refractivity contribution in [3.63, 3.8) is 0 Å². The van der Waals surface area contributed by atoms with Crippen LogP contribution in [0.5, 0.6) is 0 Å². The Balaban J connectivity index is 1.71. The maximum absolute atomic E-state index is 12.3. The Morgan fingerprint density at radius 2 is 2.04 bits per heavy atom. The van der Waals surface area contributed by atoms with Crippen LogP contribution < -0.4 is 10.9 Å². The zero-order valence-corrected chi connectivity index (χ0v) is 14.0. The molecule has 0 radical (unpaired) electrons. The first-order chi connectivity index (χ1) is 11.5. The summed E-state index contributed by atoms with van der Waals surface area (Å²) in [5, 5.41) is 2.81. The van der Waals surface area contributed by atoms with E-state index in [4.69, 9.17) is 0 Å². The average molecular weight is 324 g/mol. The van der Waals surface area contributed by atoms with Gasteiger partial charge >= 0.3 is 0 Å². The summed E-state index contributed by atoms with van der Waals surface area (Å²) < 4.78 is 2.02. The van der Waals surface area contributed by atoms with Crippen molar-refractivity contribution in [3.05, 3.63) is 63.3 Å². The van der Waals surface area contributed by atoms with Gasteiger partial charge in [-0.15, -0.1) is 0 Å². The standard InChI is InChI=1S/C18H20N4O2/c1-11-10-12(2)20-18(24)16(11)17(23)19-9-8-15-21-13-6-4-5-7-14(13)22(15)3/h4-7,10H,8-9H2,1-3H3,(H,19,23)(H,20,24). The second-order valence-electron chi connectivity index (χ2n) is 5.92. The lowest BCUT2D eigenvalue weighted by Crippen LogP contribution is -2.32. The maximum atomic E-state index is 12.3. The van der Waals surface area contributed by atoms with Crippen LogP contribution in [0.3, 0.4) is 0 Å². The van der Waals surface area contributed by atoms with Gasteiger partial charge < -0.3 is 14.9 Å². The van der Waals surface area contributed by atoms with E-state index in [1.807, 2.05) is 35.9 Å². The molecule has 0 aliphatic carbocycles. The minimum absolute atomic E-state index is 0.172. The number of nitrogens with zero attached hydrogens (tertiary/aromatic N) is 2. The summed E-state index contributed by atoms with van der Waals surface area (Å²) in [4.78, 5) is 31.5. The molecule has 6 nitrogen and oxygen atoms in total. The quantitative estimate of drug-likeness (QED) is 0.768. The molecule has 2 heterocycles. The lowest BCUT2D eigenvalue weighted by molar-refractivity contribution is 0.0951. The van der Waals surface area contributed by atoms with Crippen molar-refractivity contribution in [2.75, 3.05) is 6.54 Å². The molecule has 1 aromatic carbocycles. The van der Waals surface area contributed by atoms with E-state index in [-0.39, 0.29) is 17.0 Å². The summed E-state index contributed by atoms with van der Waals surface area (Å²) in [5.74, 6) is 0.540. The van der Waals surface area contributed by atoms with E-state index in [0.717, 1.165) is 22.6 Å². The zero-order valence-electron chi connectivity index (χ0n) is 14.0. The van der Waals surface area contributed by atoms with Gasteiger partial charge in [-0.3, -0.25) is 9.59 Å². The molecule has 6 heteroatoms. The number of aryl methyl sites for hydroxylation is 3. The van der Waals surface area contributed by atoms with Crippen LogP contribution in [0.25, 0.3) is 11.0 Å². The molecule has 1 amide bonds. The second kappa shape index (κ2) is 6.31. The number of benzene rings is 1. The van der Waals surface area contributed by atoms with Crippen LogP contribution in [-0.4, -0.2) is 27.0 Å². The van der Waals surface area contributed by atoms with Crippen LogP contribution in [0.15, 0.2) is 35.1 Å². The van der Waals surface area contributed by atoms with Gasteiger partial charge in [-0.05, 0) is 37.6 Å². The highest BCUT2D eigenvalue weighted by Gasteiger charge is 2.14. The Labute approximate surface area is 139 Å². The Bertz CT molecular complexity index is 969. The highest BCUT2D eigenvalue weighted by atomic mass is 16.2. The summed E-state index contributed by atoms with van der Waals surface area (Å²) in [5.41, 5.74) is 3.24. The van der Waals surface area contributed by atoms with Gasteiger partial charge in [-0.25, -0.2) is 4.98 Å². The number of carbonyl (C=O) groups is 1. The molecule has 2 N–H and O–H groups in total. The number of aromatic amines is 1. The van der Waals surface area contributed by atoms with Crippen LogP contribution in [0.1, 0.15) is 27.4 Å². The van der Waals surface area contributed by atoms with Crippen molar-refractivity contribution in [2.24, 2.45) is 7.05 Å². The van der Waals surface area contributed by atoms with E-state index < -0.39 is 0 Å². The number of carbonyl (C=O) groups excluding carboxylic acids is 1. The van der Waals surface area contributed by atoms with E-state index >= 15 is 0 Å². The third kappa shape index (κ3) is 2.95. The molecule has 2 aromatic heterocycles. The van der Waals surface area contributed by atoms with Gasteiger partial charge in [-0.1, -0.05) is 12.1 Å². The molecule has 3 rings (SSSR count). The molecular weight excluding hydrogens is 304 g/mol. The molecule has 0 aliphatic heterocycles. The van der Waals surface area contributed by atoms with Crippen LogP contribution in [0.4, 0.5) is 0 Å². The summed E-state index contributed by atoms with van der Waals surface area (Å²) in [6.45, 7) is 3.98. The number of rotatable bonds is 4. The molecule has 0 spiro atoms. The average Bonchev–Trinajstić information content (AvgIpc) is 2.83. The van der Waals surface area contributed by atoms with Crippen molar-refractivity contribution in [3.8, 4) is 0 Å². The molecule has 0 unspecified atom stereocenters. The minimum atomic E-state index is -0.354. The van der Waals surface area contributed by atoms with Crippen molar-refractivity contribution in [2.45, 2.75) is 20.3 Å². The predicted molar refractivity (Wildman–Crippen MR) is 93.3 cm³/mol. The fourth-order valence-corrected chi connectivity index (χ4v) is 2.93. The fourth-order valence-electron chi connectivity index (χ4n) is 2.93. The Morgan fingerprint density at radius 3 is 2.75 bits per heavy atom. The lowest BCUT2D eigenvalue weighted by Gasteiger charge is -2.08. The van der Waals surface area contributed by atoms with Crippen molar-refractivity contribution < 1.29 is 4.79 Å². The van der Waals surface area contributed by atoms with Gasteiger partial charge in [-0.2, -0.15) is 0 Å². The summed E-state index contributed by atoms with van der Waals surface area (Å²) in [6, 6.07) is 9.70. The van der Waals surface area contributed by atoms with Crippen LogP contribution in [0.2, 0.25) is 0 Å². The maximum Gasteiger partial charge on any atom is 0.261 e. The van der Waals surface area contributed by atoms with Gasteiger partial charge in [0.05, 0.1) is 11.0 Å². The molecular formula is C18H20N4O2. The Morgan fingerprint density at radius 1 is 1.29 bits per heavy atom. The minimum Gasteiger partial charge on any atom is -0.351 e. The molecule has 3 aromatic rings. The molecule has 0 saturated carbocycles. The molecule has 0 aliphatic rings. The highest BCUT2D eigenvalue weighted by Crippen LogP contribution is 2.14. The number of para-hydroxylation sites is 2. The molecule has 0 bridgehead atoms. The lowest BCUT2D eigenvalue weighted by atomic mass is 10.1. The fraction of sp³-hybridized carbons (Fsp3) is 0.278. The van der Waals surface area contributed by atoms with E-state index in [0.29, 0.717) is 18.5 Å². The number of aromatic nitrogens is 3. The van der Waals surface area contributed by atoms with Gasteiger partial charge in [0.15, 0.2) is 0 Å². The summed E-state index contributed by atoms with van der Waals surface area (Å²) in [7, 11) is 1.96. The van der Waals surface area contributed by atoms with E-state index in [9.17, 15) is 9.59 Å². The summed E-state index contributed by atoms with van der Waals surface area (Å²) >= 11 is 0. The number of amides is 1. The molecule has 0 saturated heterocycles. The van der Waals surface area contributed by atoms with Gasteiger partial charge in [0.25, 0.3) is 11.5 Å². The highest BCUT2D eigenvalue weighted by molar-refractivity contribution is 5.95. The molecule has 0 atom stereocenters. The topological polar surface area (TPSA) is 79.8 Å². The zero-order chi connectivity index (χ0) is 17.3. The van der Waals surface area contributed by atoms with Crippen molar-refractivity contribution in [1.29, 1.82) is 0 Å². The first-order valence-corrected chi connectivity index (χ1v) is 7.86. The molecule has 24 heavy (non-hydrogen) atoms. The van der Waals surface area contributed by atoms with Gasteiger partial charge in [0.1, 0.15) is 11.4 Å². The monoisotopic (exact) mass is 324 g/mol. The van der Waals surface area contributed by atoms with Crippen LogP contribution in [-0.2, 0) is 13.5 Å². The molecule has 0 fully saturated rings. The normalized spacial score (nSPS) is 11.0. The van der Waals surface area contributed by atoms with Gasteiger partial charge in [0.2, 0.25) is 0 Å². The largest absolute Gasteiger partial charge is 0.351 e. The first kappa shape index (κ1) is 16.0. The number of nitrogens with one attached hydrogen (secondary N) is 2. The third-order valence-corrected chi connectivity index (χ3v) is 4.11. The number of pyridine rings is 1. The Kier molecular flexibility index (Phi) is 4.20. The SMILES string of the molecule is Cc1cc(C)c(C(=O)NCCc2nc3ccccc3n2C)c(=O)[nH]1. The van der Waals surface area contributed by atoms with E-state index in [1.165, 1.54) is 0 Å². The van der Waals surface area contributed by atoms with Crippen molar-refractivity contribution in [1.82, 2.24) is 19.9 Å². The van der Waals surface area contributed by atoms with Gasteiger partial charge in [0, 0.05) is 25.7 Å².